The first-order valence-electron chi connectivity index (χ1n) is 5.56. The van der Waals surface area contributed by atoms with E-state index in [4.69, 9.17) is 15.9 Å². The van der Waals surface area contributed by atoms with Gasteiger partial charge in [0.2, 0.25) is 0 Å². The molecule has 0 aliphatic rings. The van der Waals surface area contributed by atoms with Crippen LogP contribution in [0.15, 0.2) is 24.3 Å². The molecule has 6 nitrogen and oxygen atoms in total. The van der Waals surface area contributed by atoms with E-state index in [0.717, 1.165) is 0 Å². The van der Waals surface area contributed by atoms with Gasteiger partial charge in [-0.25, -0.2) is 4.79 Å². The van der Waals surface area contributed by atoms with Crippen LogP contribution >= 0.6 is 0 Å². The van der Waals surface area contributed by atoms with E-state index in [1.165, 1.54) is 7.11 Å². The van der Waals surface area contributed by atoms with E-state index in [-0.39, 0.29) is 17.9 Å². The molecule has 1 atom stereocenters. The number of anilines is 1. The highest BCUT2D eigenvalue weighted by Crippen LogP contribution is 2.22. The van der Waals surface area contributed by atoms with Crippen molar-refractivity contribution in [2.45, 2.75) is 19.4 Å². The Labute approximate surface area is 106 Å². The molecule has 98 valence electrons. The number of nitrogens with one attached hydrogen (secondary N) is 3. The number of ether oxygens (including phenoxy) is 1. The van der Waals surface area contributed by atoms with Crippen molar-refractivity contribution in [2.24, 2.45) is 5.73 Å². The molecule has 0 aromatic heterocycles. The zero-order chi connectivity index (χ0) is 13.5. The molecule has 0 bridgehead atoms. The average Bonchev–Trinajstić information content (AvgIpc) is 2.28. The summed E-state index contributed by atoms with van der Waals surface area (Å²) in [5.74, 6) is 0.631. The number of urea groups is 1. The van der Waals surface area contributed by atoms with E-state index in [9.17, 15) is 4.79 Å². The zero-order valence-electron chi connectivity index (χ0n) is 10.5. The lowest BCUT2D eigenvalue weighted by Gasteiger charge is -2.15. The third-order valence-electron chi connectivity index (χ3n) is 2.26. The second kappa shape index (κ2) is 6.48. The highest BCUT2D eigenvalue weighted by atomic mass is 16.5. The Balaban J connectivity index is 2.56. The number of benzene rings is 1. The van der Waals surface area contributed by atoms with Crippen LogP contribution < -0.4 is 21.1 Å². The fraction of sp³-hybridized carbons (Fsp3) is 0.333. The summed E-state index contributed by atoms with van der Waals surface area (Å²) in [6.07, 6.45) is 0.319. The first-order valence-corrected chi connectivity index (χ1v) is 5.56. The first-order chi connectivity index (χ1) is 8.52. The topological polar surface area (TPSA) is 100 Å². The molecular formula is C12H18N4O2. The van der Waals surface area contributed by atoms with Crippen molar-refractivity contribution in [1.29, 1.82) is 5.41 Å². The predicted octanol–water partition coefficient (Wildman–Crippen LogP) is 1.53. The number of carbonyl (C=O) groups excluding carboxylic acids is 1. The summed E-state index contributed by atoms with van der Waals surface area (Å²) in [6.45, 7) is 1.78. The Morgan fingerprint density at radius 1 is 1.50 bits per heavy atom. The molecule has 0 saturated heterocycles. The number of carbonyl (C=O) groups is 1. The number of rotatable bonds is 5. The van der Waals surface area contributed by atoms with Gasteiger partial charge in [-0.3, -0.25) is 5.41 Å². The van der Waals surface area contributed by atoms with Gasteiger partial charge < -0.3 is 21.1 Å². The SMILES string of the molecule is COc1ccccc1NC(=O)NC(C)CC(=N)N. The zero-order valence-corrected chi connectivity index (χ0v) is 10.5. The van der Waals surface area contributed by atoms with Gasteiger partial charge in [0.25, 0.3) is 0 Å². The number of hydrogen-bond acceptors (Lipinski definition) is 3. The molecule has 6 heteroatoms. The molecule has 1 unspecified atom stereocenters. The molecular weight excluding hydrogens is 232 g/mol. The molecule has 1 aromatic rings. The van der Waals surface area contributed by atoms with Crippen LogP contribution in [-0.2, 0) is 0 Å². The molecule has 0 aliphatic carbocycles. The fourth-order valence-electron chi connectivity index (χ4n) is 1.51. The van der Waals surface area contributed by atoms with E-state index in [1.807, 2.05) is 6.07 Å². The Morgan fingerprint density at radius 3 is 2.78 bits per heavy atom. The van der Waals surface area contributed by atoms with Gasteiger partial charge in [-0.15, -0.1) is 0 Å². The quantitative estimate of drug-likeness (QED) is 0.471. The summed E-state index contributed by atoms with van der Waals surface area (Å²) in [6, 6.07) is 6.57. The minimum Gasteiger partial charge on any atom is -0.495 e. The number of methoxy groups -OCH3 is 1. The molecule has 1 rings (SSSR count). The summed E-state index contributed by atoms with van der Waals surface area (Å²) in [5, 5.41) is 12.5. The van der Waals surface area contributed by atoms with Crippen LogP contribution in [0.4, 0.5) is 10.5 Å². The van der Waals surface area contributed by atoms with Crippen molar-refractivity contribution >= 4 is 17.6 Å². The summed E-state index contributed by atoms with van der Waals surface area (Å²) in [5.41, 5.74) is 5.85. The third-order valence-corrected chi connectivity index (χ3v) is 2.26. The van der Waals surface area contributed by atoms with Gasteiger partial charge in [0.05, 0.1) is 18.6 Å². The van der Waals surface area contributed by atoms with E-state index in [0.29, 0.717) is 17.9 Å². The molecule has 0 spiro atoms. The van der Waals surface area contributed by atoms with E-state index < -0.39 is 0 Å². The Hall–Kier alpha value is -2.24. The maximum absolute atomic E-state index is 11.7. The maximum Gasteiger partial charge on any atom is 0.319 e. The van der Waals surface area contributed by atoms with Gasteiger partial charge in [0.1, 0.15) is 5.75 Å². The first kappa shape index (κ1) is 13.8. The van der Waals surface area contributed by atoms with Crippen molar-refractivity contribution in [3.63, 3.8) is 0 Å². The number of para-hydroxylation sites is 2. The number of nitrogens with two attached hydrogens (primary N) is 1. The summed E-state index contributed by atoms with van der Waals surface area (Å²) in [7, 11) is 1.54. The van der Waals surface area contributed by atoms with Gasteiger partial charge in [-0.2, -0.15) is 0 Å². The second-order valence-corrected chi connectivity index (χ2v) is 3.93. The van der Waals surface area contributed by atoms with Crippen molar-refractivity contribution in [3.05, 3.63) is 24.3 Å². The van der Waals surface area contributed by atoms with Crippen LogP contribution in [0.3, 0.4) is 0 Å². The highest BCUT2D eigenvalue weighted by molar-refractivity contribution is 5.91. The lowest BCUT2D eigenvalue weighted by atomic mass is 10.2. The van der Waals surface area contributed by atoms with Gasteiger partial charge in [-0.1, -0.05) is 12.1 Å². The van der Waals surface area contributed by atoms with Gasteiger partial charge in [0, 0.05) is 12.5 Å². The monoisotopic (exact) mass is 250 g/mol. The second-order valence-electron chi connectivity index (χ2n) is 3.93. The average molecular weight is 250 g/mol. The molecule has 5 N–H and O–H groups in total. The van der Waals surface area contributed by atoms with Gasteiger partial charge in [0.15, 0.2) is 0 Å². The molecule has 0 heterocycles. The third kappa shape index (κ3) is 4.32. The largest absolute Gasteiger partial charge is 0.495 e. The van der Waals surface area contributed by atoms with Crippen LogP contribution in [-0.4, -0.2) is 25.0 Å². The van der Waals surface area contributed by atoms with Gasteiger partial charge >= 0.3 is 6.03 Å². The Morgan fingerprint density at radius 2 is 2.17 bits per heavy atom. The van der Waals surface area contributed by atoms with Crippen LogP contribution in [0.2, 0.25) is 0 Å². The molecule has 0 radical (unpaired) electrons. The fourth-order valence-corrected chi connectivity index (χ4v) is 1.51. The molecule has 18 heavy (non-hydrogen) atoms. The van der Waals surface area contributed by atoms with Crippen molar-refractivity contribution in [1.82, 2.24) is 5.32 Å². The lowest BCUT2D eigenvalue weighted by molar-refractivity contribution is 0.249. The predicted molar refractivity (Wildman–Crippen MR) is 71.1 cm³/mol. The molecule has 0 fully saturated rings. The highest BCUT2D eigenvalue weighted by Gasteiger charge is 2.10. The summed E-state index contributed by atoms with van der Waals surface area (Å²) < 4.78 is 5.12. The maximum atomic E-state index is 11.7. The lowest BCUT2D eigenvalue weighted by Crippen LogP contribution is -2.38. The van der Waals surface area contributed by atoms with Crippen LogP contribution in [0.25, 0.3) is 0 Å². The Bertz CT molecular complexity index is 434. The molecule has 2 amide bonds. The Kier molecular flexibility index (Phi) is 4.98. The minimum atomic E-state index is -0.353. The number of amidine groups is 1. The van der Waals surface area contributed by atoms with E-state index in [1.54, 1.807) is 25.1 Å². The van der Waals surface area contributed by atoms with Crippen LogP contribution in [0, 0.1) is 5.41 Å². The standard InChI is InChI=1S/C12H18N4O2/c1-8(7-11(13)14)15-12(17)16-9-5-3-4-6-10(9)18-2/h3-6,8H,7H2,1-2H3,(H3,13,14)(H2,15,16,17). The smallest absolute Gasteiger partial charge is 0.319 e. The number of amides is 2. The summed E-state index contributed by atoms with van der Waals surface area (Å²) >= 11 is 0. The summed E-state index contributed by atoms with van der Waals surface area (Å²) in [4.78, 5) is 11.7. The van der Waals surface area contributed by atoms with Crippen LogP contribution in [0.5, 0.6) is 5.75 Å². The van der Waals surface area contributed by atoms with Gasteiger partial charge in [-0.05, 0) is 19.1 Å². The van der Waals surface area contributed by atoms with E-state index >= 15 is 0 Å². The normalized spacial score (nSPS) is 11.4. The minimum absolute atomic E-state index is 0.0418. The van der Waals surface area contributed by atoms with Crippen LogP contribution in [0.1, 0.15) is 13.3 Å². The molecule has 1 aromatic carbocycles. The van der Waals surface area contributed by atoms with E-state index in [2.05, 4.69) is 10.6 Å². The van der Waals surface area contributed by atoms with Crippen molar-refractivity contribution in [2.75, 3.05) is 12.4 Å². The number of hydrogen-bond donors (Lipinski definition) is 4. The van der Waals surface area contributed by atoms with Crippen molar-refractivity contribution in [3.8, 4) is 5.75 Å². The molecule has 0 saturated carbocycles. The molecule has 0 aliphatic heterocycles. The van der Waals surface area contributed by atoms with Crippen molar-refractivity contribution < 1.29 is 9.53 Å².